The molecule has 0 atom stereocenters. The van der Waals surface area contributed by atoms with Crippen LogP contribution in [0.25, 0.3) is 0 Å². The molecule has 0 saturated heterocycles. The standard InChI is InChI=1S/C11H16N4O/c1-7-4-5-9(8(2)6-7)15(3)10(12)14-11(13)16/h4-6H,1-3H3,(H4,12,13,14,16). The third kappa shape index (κ3) is 2.73. The van der Waals surface area contributed by atoms with E-state index in [0.717, 1.165) is 11.3 Å². The summed E-state index contributed by atoms with van der Waals surface area (Å²) in [7, 11) is 1.74. The van der Waals surface area contributed by atoms with Crippen LogP contribution in [0, 0.1) is 13.8 Å². The number of rotatable bonds is 1. The predicted molar refractivity (Wildman–Crippen MR) is 65.5 cm³/mol. The molecule has 0 aliphatic rings. The van der Waals surface area contributed by atoms with Gasteiger partial charge in [-0.05, 0) is 25.5 Å². The molecule has 2 amide bonds. The van der Waals surface area contributed by atoms with Crippen LogP contribution in [0.1, 0.15) is 11.1 Å². The highest BCUT2D eigenvalue weighted by Crippen LogP contribution is 2.19. The molecule has 0 aliphatic carbocycles. The molecule has 0 heterocycles. The molecule has 4 N–H and O–H groups in total. The van der Waals surface area contributed by atoms with E-state index in [-0.39, 0.29) is 5.96 Å². The Balaban J connectivity index is 3.05. The molecule has 0 aliphatic heterocycles. The first-order valence-corrected chi connectivity index (χ1v) is 4.86. The van der Waals surface area contributed by atoms with E-state index in [1.54, 1.807) is 11.9 Å². The smallest absolute Gasteiger partial charge is 0.341 e. The Labute approximate surface area is 94.8 Å². The maximum Gasteiger partial charge on any atom is 0.341 e. The van der Waals surface area contributed by atoms with Crippen LogP contribution in [0.2, 0.25) is 0 Å². The summed E-state index contributed by atoms with van der Waals surface area (Å²) >= 11 is 0. The van der Waals surface area contributed by atoms with Gasteiger partial charge in [-0.25, -0.2) is 4.79 Å². The summed E-state index contributed by atoms with van der Waals surface area (Å²) in [6.45, 7) is 3.98. The van der Waals surface area contributed by atoms with Crippen LogP contribution in [0.5, 0.6) is 0 Å². The Morgan fingerprint density at radius 3 is 2.44 bits per heavy atom. The number of primary amides is 1. The molecule has 1 aromatic carbocycles. The van der Waals surface area contributed by atoms with Crippen molar-refractivity contribution >= 4 is 17.7 Å². The van der Waals surface area contributed by atoms with Crippen molar-refractivity contribution in [2.45, 2.75) is 13.8 Å². The Morgan fingerprint density at radius 1 is 1.31 bits per heavy atom. The number of guanidine groups is 1. The Bertz CT molecular complexity index is 440. The number of amides is 2. The van der Waals surface area contributed by atoms with Crippen molar-refractivity contribution in [2.24, 2.45) is 16.5 Å². The number of aryl methyl sites for hydroxylation is 2. The fourth-order valence-corrected chi connectivity index (χ4v) is 1.49. The zero-order chi connectivity index (χ0) is 12.3. The Kier molecular flexibility index (Phi) is 3.50. The number of urea groups is 1. The van der Waals surface area contributed by atoms with Crippen LogP contribution >= 0.6 is 0 Å². The van der Waals surface area contributed by atoms with Gasteiger partial charge >= 0.3 is 6.03 Å². The predicted octanol–water partition coefficient (Wildman–Crippen LogP) is 1.13. The lowest BCUT2D eigenvalue weighted by molar-refractivity contribution is 0.256. The summed E-state index contributed by atoms with van der Waals surface area (Å²) in [6.07, 6.45) is 0. The first kappa shape index (κ1) is 12.0. The van der Waals surface area contributed by atoms with E-state index in [4.69, 9.17) is 11.5 Å². The van der Waals surface area contributed by atoms with Gasteiger partial charge in [0, 0.05) is 12.7 Å². The molecule has 5 nitrogen and oxygen atoms in total. The number of hydrogen-bond acceptors (Lipinski definition) is 1. The zero-order valence-electron chi connectivity index (χ0n) is 9.69. The molecule has 0 fully saturated rings. The second kappa shape index (κ2) is 4.65. The van der Waals surface area contributed by atoms with Gasteiger partial charge in [-0.1, -0.05) is 17.7 Å². The first-order chi connectivity index (χ1) is 7.41. The minimum Gasteiger partial charge on any atom is -0.369 e. The molecule has 16 heavy (non-hydrogen) atoms. The van der Waals surface area contributed by atoms with Crippen molar-refractivity contribution < 1.29 is 4.79 Å². The average Bonchev–Trinajstić information content (AvgIpc) is 2.15. The van der Waals surface area contributed by atoms with Crippen LogP contribution in [0.15, 0.2) is 23.2 Å². The number of nitrogens with zero attached hydrogens (tertiary/aromatic N) is 2. The SMILES string of the molecule is Cc1ccc(N(C)C(N)=NC(N)=O)c(C)c1. The number of carbonyl (C=O) groups excluding carboxylic acids is 1. The fourth-order valence-electron chi connectivity index (χ4n) is 1.49. The highest BCUT2D eigenvalue weighted by Gasteiger charge is 2.08. The maximum absolute atomic E-state index is 10.6. The quantitative estimate of drug-likeness (QED) is 0.549. The monoisotopic (exact) mass is 220 g/mol. The molecule has 0 unspecified atom stereocenters. The van der Waals surface area contributed by atoms with Gasteiger partial charge in [0.05, 0.1) is 0 Å². The summed E-state index contributed by atoms with van der Waals surface area (Å²) in [6, 6.07) is 5.13. The molecule has 0 bridgehead atoms. The molecular weight excluding hydrogens is 204 g/mol. The average molecular weight is 220 g/mol. The van der Waals surface area contributed by atoms with Crippen LogP contribution in [0.4, 0.5) is 10.5 Å². The van der Waals surface area contributed by atoms with Gasteiger partial charge in [-0.3, -0.25) is 0 Å². The van der Waals surface area contributed by atoms with Crippen molar-refractivity contribution in [1.82, 2.24) is 0 Å². The van der Waals surface area contributed by atoms with E-state index in [2.05, 4.69) is 4.99 Å². The molecule has 1 aromatic rings. The molecule has 0 saturated carbocycles. The summed E-state index contributed by atoms with van der Waals surface area (Å²) in [5.74, 6) is 0.0828. The van der Waals surface area contributed by atoms with Gasteiger partial charge in [0.15, 0.2) is 0 Å². The number of anilines is 1. The van der Waals surface area contributed by atoms with Crippen molar-refractivity contribution in [1.29, 1.82) is 0 Å². The van der Waals surface area contributed by atoms with E-state index in [9.17, 15) is 4.79 Å². The van der Waals surface area contributed by atoms with E-state index in [1.165, 1.54) is 5.56 Å². The minimum absolute atomic E-state index is 0.0828. The lowest BCUT2D eigenvalue weighted by atomic mass is 10.1. The zero-order valence-corrected chi connectivity index (χ0v) is 9.69. The van der Waals surface area contributed by atoms with Gasteiger partial charge in [0.1, 0.15) is 0 Å². The fraction of sp³-hybridized carbons (Fsp3) is 0.273. The minimum atomic E-state index is -0.797. The number of benzene rings is 1. The largest absolute Gasteiger partial charge is 0.369 e. The van der Waals surface area contributed by atoms with Crippen molar-refractivity contribution in [3.05, 3.63) is 29.3 Å². The summed E-state index contributed by atoms with van der Waals surface area (Å²) < 4.78 is 0. The van der Waals surface area contributed by atoms with Gasteiger partial charge in [0.2, 0.25) is 5.96 Å². The summed E-state index contributed by atoms with van der Waals surface area (Å²) in [5, 5.41) is 0. The van der Waals surface area contributed by atoms with Crippen molar-refractivity contribution in [2.75, 3.05) is 11.9 Å². The van der Waals surface area contributed by atoms with Crippen molar-refractivity contribution in [3.8, 4) is 0 Å². The van der Waals surface area contributed by atoms with Crippen LogP contribution in [0.3, 0.4) is 0 Å². The van der Waals surface area contributed by atoms with E-state index < -0.39 is 6.03 Å². The second-order valence-corrected chi connectivity index (χ2v) is 3.66. The molecule has 0 aromatic heterocycles. The van der Waals surface area contributed by atoms with Crippen LogP contribution < -0.4 is 16.4 Å². The topological polar surface area (TPSA) is 84.7 Å². The highest BCUT2D eigenvalue weighted by molar-refractivity contribution is 6.01. The van der Waals surface area contributed by atoms with E-state index in [1.807, 2.05) is 32.0 Å². The van der Waals surface area contributed by atoms with Gasteiger partial charge in [-0.15, -0.1) is 0 Å². The molecule has 0 spiro atoms. The van der Waals surface area contributed by atoms with E-state index >= 15 is 0 Å². The highest BCUT2D eigenvalue weighted by atomic mass is 16.2. The van der Waals surface area contributed by atoms with Gasteiger partial charge < -0.3 is 16.4 Å². The van der Waals surface area contributed by atoms with Gasteiger partial charge in [-0.2, -0.15) is 4.99 Å². The second-order valence-electron chi connectivity index (χ2n) is 3.66. The summed E-state index contributed by atoms with van der Waals surface area (Å²) in [5.41, 5.74) is 13.7. The third-order valence-corrected chi connectivity index (χ3v) is 2.28. The molecule has 0 radical (unpaired) electrons. The molecular formula is C11H16N4O. The maximum atomic E-state index is 10.6. The lowest BCUT2D eigenvalue weighted by Gasteiger charge is -2.20. The lowest BCUT2D eigenvalue weighted by Crippen LogP contribution is -2.35. The number of carbonyl (C=O) groups is 1. The number of nitrogens with two attached hydrogens (primary N) is 2. The Morgan fingerprint density at radius 2 is 1.94 bits per heavy atom. The summed E-state index contributed by atoms with van der Waals surface area (Å²) in [4.78, 5) is 15.7. The molecule has 1 rings (SSSR count). The first-order valence-electron chi connectivity index (χ1n) is 4.86. The molecule has 86 valence electrons. The third-order valence-electron chi connectivity index (χ3n) is 2.28. The van der Waals surface area contributed by atoms with Crippen LogP contribution in [-0.4, -0.2) is 19.0 Å². The van der Waals surface area contributed by atoms with E-state index in [0.29, 0.717) is 0 Å². The Hall–Kier alpha value is -2.04. The molecule has 5 heteroatoms. The van der Waals surface area contributed by atoms with Crippen LogP contribution in [-0.2, 0) is 0 Å². The number of aliphatic imine (C=N–C) groups is 1. The number of hydrogen-bond donors (Lipinski definition) is 2. The van der Waals surface area contributed by atoms with Crippen molar-refractivity contribution in [3.63, 3.8) is 0 Å². The normalized spacial score (nSPS) is 11.3. The van der Waals surface area contributed by atoms with Gasteiger partial charge in [0.25, 0.3) is 0 Å².